The van der Waals surface area contributed by atoms with Crippen molar-refractivity contribution >= 4 is 34.7 Å². The Bertz CT molecular complexity index is 1200. The lowest BCUT2D eigenvalue weighted by Crippen LogP contribution is -2.44. The number of amides is 2. The number of rotatable bonds is 11. The number of hydrogen-bond donors (Lipinski definition) is 4. The monoisotopic (exact) mass is 486 g/mol. The predicted octanol–water partition coefficient (Wildman–Crippen LogP) is 1.52. The van der Waals surface area contributed by atoms with Crippen LogP contribution in [0.4, 0.5) is 22.9 Å². The quantitative estimate of drug-likeness (QED) is 0.376. The van der Waals surface area contributed by atoms with Crippen LogP contribution in [0.5, 0.6) is 0 Å². The Labute approximate surface area is 203 Å². The van der Waals surface area contributed by atoms with Crippen LogP contribution in [0.1, 0.15) is 32.3 Å². The SMILES string of the molecule is COCCN(C(=O)CNc1cc(NC(=O)C2CC2)ccc1C)c1c(N)n(CC(C)C)c(=O)[nH]c1=O. The summed E-state index contributed by atoms with van der Waals surface area (Å²) >= 11 is 0. The van der Waals surface area contributed by atoms with Crippen molar-refractivity contribution in [1.29, 1.82) is 0 Å². The van der Waals surface area contributed by atoms with E-state index >= 15 is 0 Å². The van der Waals surface area contributed by atoms with E-state index in [1.54, 1.807) is 6.07 Å². The Balaban J connectivity index is 1.83. The Kier molecular flexibility index (Phi) is 8.34. The lowest BCUT2D eigenvalue weighted by molar-refractivity contribution is -0.118. The number of nitrogen functional groups attached to an aromatic ring is 1. The first-order valence-electron chi connectivity index (χ1n) is 11.7. The van der Waals surface area contributed by atoms with Crippen LogP contribution < -0.4 is 32.5 Å². The summed E-state index contributed by atoms with van der Waals surface area (Å²) in [6, 6.07) is 5.43. The van der Waals surface area contributed by atoms with Crippen molar-refractivity contribution < 1.29 is 14.3 Å². The summed E-state index contributed by atoms with van der Waals surface area (Å²) in [4.78, 5) is 53.9. The molecule has 0 bridgehead atoms. The first-order chi connectivity index (χ1) is 16.6. The number of hydrogen-bond acceptors (Lipinski definition) is 7. The van der Waals surface area contributed by atoms with E-state index < -0.39 is 17.2 Å². The minimum atomic E-state index is -0.738. The Hall–Kier alpha value is -3.60. The van der Waals surface area contributed by atoms with E-state index in [2.05, 4.69) is 15.6 Å². The highest BCUT2D eigenvalue weighted by atomic mass is 16.5. The van der Waals surface area contributed by atoms with Crippen LogP contribution in [-0.4, -0.2) is 48.2 Å². The maximum atomic E-state index is 13.3. The van der Waals surface area contributed by atoms with Gasteiger partial charge in [0.1, 0.15) is 5.82 Å². The fraction of sp³-hybridized carbons (Fsp3) is 0.500. The second kappa shape index (κ2) is 11.2. The molecule has 1 aromatic carbocycles. The standard InChI is InChI=1S/C24H34N6O5/c1-14(2)13-30-21(25)20(23(33)28-24(30)34)29(9-10-35-4)19(31)12-26-18-11-17(8-5-15(18)3)27-22(32)16-6-7-16/h5,8,11,14,16,26H,6-7,9-10,12-13,25H2,1-4H3,(H,27,32)(H,28,33,34). The van der Waals surface area contributed by atoms with E-state index in [1.807, 2.05) is 32.9 Å². The third kappa shape index (κ3) is 6.50. The second-order valence-electron chi connectivity index (χ2n) is 9.18. The number of anilines is 4. The van der Waals surface area contributed by atoms with Crippen LogP contribution in [0, 0.1) is 18.8 Å². The molecule has 1 aromatic heterocycles. The van der Waals surface area contributed by atoms with Crippen LogP contribution >= 0.6 is 0 Å². The number of carbonyl (C=O) groups is 2. The number of aryl methyl sites for hydroxylation is 1. The van der Waals surface area contributed by atoms with Crippen molar-refractivity contribution in [3.05, 3.63) is 44.6 Å². The second-order valence-corrected chi connectivity index (χ2v) is 9.18. The normalized spacial score (nSPS) is 13.1. The molecular formula is C24H34N6O5. The molecule has 190 valence electrons. The van der Waals surface area contributed by atoms with Crippen LogP contribution in [0.25, 0.3) is 0 Å². The van der Waals surface area contributed by atoms with E-state index in [-0.39, 0.29) is 55.5 Å². The van der Waals surface area contributed by atoms with Crippen molar-refractivity contribution in [1.82, 2.24) is 9.55 Å². The van der Waals surface area contributed by atoms with Gasteiger partial charge >= 0.3 is 5.69 Å². The average molecular weight is 487 g/mol. The largest absolute Gasteiger partial charge is 0.383 e. The zero-order chi connectivity index (χ0) is 25.7. The molecular weight excluding hydrogens is 452 g/mol. The van der Waals surface area contributed by atoms with Crippen LogP contribution in [-0.2, 0) is 20.9 Å². The van der Waals surface area contributed by atoms with Gasteiger partial charge in [0.05, 0.1) is 13.2 Å². The lowest BCUT2D eigenvalue weighted by Gasteiger charge is -2.25. The van der Waals surface area contributed by atoms with E-state index in [4.69, 9.17) is 10.5 Å². The molecule has 0 spiro atoms. The highest BCUT2D eigenvalue weighted by Crippen LogP contribution is 2.31. The van der Waals surface area contributed by atoms with E-state index in [0.717, 1.165) is 18.4 Å². The number of aromatic amines is 1. The van der Waals surface area contributed by atoms with Gasteiger partial charge in [-0.2, -0.15) is 0 Å². The summed E-state index contributed by atoms with van der Waals surface area (Å²) < 4.78 is 6.39. The van der Waals surface area contributed by atoms with E-state index in [0.29, 0.717) is 11.4 Å². The molecule has 2 aromatic rings. The number of H-pyrrole nitrogens is 1. The molecule has 1 aliphatic carbocycles. The lowest BCUT2D eigenvalue weighted by atomic mass is 10.1. The van der Waals surface area contributed by atoms with Crippen LogP contribution in [0.15, 0.2) is 27.8 Å². The van der Waals surface area contributed by atoms with Gasteiger partial charge in [0, 0.05) is 37.5 Å². The molecule has 11 heteroatoms. The summed E-state index contributed by atoms with van der Waals surface area (Å²) in [5.41, 5.74) is 6.96. The van der Waals surface area contributed by atoms with Crippen molar-refractivity contribution in [2.75, 3.05) is 48.1 Å². The molecule has 0 radical (unpaired) electrons. The van der Waals surface area contributed by atoms with Gasteiger partial charge in [-0.15, -0.1) is 0 Å². The van der Waals surface area contributed by atoms with Gasteiger partial charge in [0.15, 0.2) is 5.69 Å². The van der Waals surface area contributed by atoms with Crippen molar-refractivity contribution in [2.24, 2.45) is 11.8 Å². The number of methoxy groups -OCH3 is 1. The number of nitrogens with two attached hydrogens (primary N) is 1. The average Bonchev–Trinajstić information content (AvgIpc) is 3.64. The molecule has 1 aliphatic rings. The number of carbonyl (C=O) groups excluding carboxylic acids is 2. The Morgan fingerprint density at radius 2 is 2.00 bits per heavy atom. The van der Waals surface area contributed by atoms with E-state index in [1.165, 1.54) is 16.6 Å². The molecule has 11 nitrogen and oxygen atoms in total. The van der Waals surface area contributed by atoms with Gasteiger partial charge in [-0.1, -0.05) is 19.9 Å². The first-order valence-corrected chi connectivity index (χ1v) is 11.7. The first kappa shape index (κ1) is 26.0. The molecule has 1 fully saturated rings. The number of aromatic nitrogens is 2. The molecule has 5 N–H and O–H groups in total. The van der Waals surface area contributed by atoms with Gasteiger partial charge < -0.3 is 26.0 Å². The summed E-state index contributed by atoms with van der Waals surface area (Å²) in [6.45, 7) is 6.09. The molecule has 0 aliphatic heterocycles. The number of nitrogens with one attached hydrogen (secondary N) is 3. The molecule has 35 heavy (non-hydrogen) atoms. The maximum absolute atomic E-state index is 13.3. The van der Waals surface area contributed by atoms with E-state index in [9.17, 15) is 19.2 Å². The van der Waals surface area contributed by atoms with Gasteiger partial charge in [-0.3, -0.25) is 23.9 Å². The summed E-state index contributed by atoms with van der Waals surface area (Å²) in [5, 5.41) is 5.98. The molecule has 3 rings (SSSR count). The Morgan fingerprint density at radius 1 is 1.29 bits per heavy atom. The topological polar surface area (TPSA) is 152 Å². The molecule has 0 unspecified atom stereocenters. The third-order valence-electron chi connectivity index (χ3n) is 5.74. The van der Waals surface area contributed by atoms with Gasteiger partial charge in [-0.05, 0) is 43.4 Å². The number of ether oxygens (including phenoxy) is 1. The summed E-state index contributed by atoms with van der Waals surface area (Å²) in [7, 11) is 1.49. The van der Waals surface area contributed by atoms with Gasteiger partial charge in [0.25, 0.3) is 5.56 Å². The highest BCUT2D eigenvalue weighted by Gasteiger charge is 2.29. The molecule has 0 atom stereocenters. The fourth-order valence-corrected chi connectivity index (χ4v) is 3.67. The summed E-state index contributed by atoms with van der Waals surface area (Å²) in [5.74, 6) is -0.341. The minimum absolute atomic E-state index is 0.00663. The molecule has 1 heterocycles. The van der Waals surface area contributed by atoms with Crippen LogP contribution in [0.3, 0.4) is 0 Å². The fourth-order valence-electron chi connectivity index (χ4n) is 3.67. The third-order valence-corrected chi connectivity index (χ3v) is 5.74. The van der Waals surface area contributed by atoms with Crippen LogP contribution in [0.2, 0.25) is 0 Å². The molecule has 1 saturated carbocycles. The zero-order valence-corrected chi connectivity index (χ0v) is 20.6. The highest BCUT2D eigenvalue weighted by molar-refractivity contribution is 5.98. The van der Waals surface area contributed by atoms with Crippen molar-refractivity contribution in [3.63, 3.8) is 0 Å². The smallest absolute Gasteiger partial charge is 0.330 e. The van der Waals surface area contributed by atoms with Crippen molar-refractivity contribution in [2.45, 2.75) is 40.2 Å². The zero-order valence-electron chi connectivity index (χ0n) is 20.6. The Morgan fingerprint density at radius 3 is 2.63 bits per heavy atom. The molecule has 2 amide bonds. The number of benzene rings is 1. The maximum Gasteiger partial charge on any atom is 0.330 e. The summed E-state index contributed by atoms with van der Waals surface area (Å²) in [6.07, 6.45) is 1.81. The minimum Gasteiger partial charge on any atom is -0.383 e. The van der Waals surface area contributed by atoms with Gasteiger partial charge in [-0.25, -0.2) is 4.79 Å². The van der Waals surface area contributed by atoms with Gasteiger partial charge in [0.2, 0.25) is 11.8 Å². The predicted molar refractivity (Wildman–Crippen MR) is 136 cm³/mol. The molecule has 0 saturated heterocycles. The van der Waals surface area contributed by atoms with Crippen molar-refractivity contribution in [3.8, 4) is 0 Å². The number of nitrogens with zero attached hydrogens (tertiary/aromatic N) is 2.